The van der Waals surface area contributed by atoms with Crippen LogP contribution in [0.15, 0.2) is 42.5 Å². The van der Waals surface area contributed by atoms with Gasteiger partial charge in [-0.2, -0.15) is 0 Å². The van der Waals surface area contributed by atoms with Crippen LogP contribution in [0.5, 0.6) is 5.75 Å². The molecule has 0 aliphatic rings. The number of anilines is 2. The highest BCUT2D eigenvalue weighted by molar-refractivity contribution is 7.22. The second-order valence-corrected chi connectivity index (χ2v) is 7.71. The number of nitrogens with one attached hydrogen (secondary N) is 2. The summed E-state index contributed by atoms with van der Waals surface area (Å²) < 4.78 is 6.57. The second kappa shape index (κ2) is 10.0. The molecule has 0 aliphatic carbocycles. The molecule has 0 aliphatic heterocycles. The van der Waals surface area contributed by atoms with Gasteiger partial charge in [-0.25, -0.2) is 4.98 Å². The van der Waals surface area contributed by atoms with Gasteiger partial charge in [0.2, 0.25) is 5.91 Å². The highest BCUT2D eigenvalue weighted by Crippen LogP contribution is 2.29. The first-order valence-electron chi connectivity index (χ1n) is 9.83. The minimum Gasteiger partial charge on any atom is -0.494 e. The number of unbranched alkanes of at least 4 members (excludes halogenated alkanes) is 1. The third-order valence-electron chi connectivity index (χ3n) is 4.23. The quantitative estimate of drug-likeness (QED) is 0.458. The van der Waals surface area contributed by atoms with Gasteiger partial charge in [-0.05, 0) is 49.2 Å². The van der Waals surface area contributed by atoms with Crippen molar-refractivity contribution in [2.45, 2.75) is 39.5 Å². The molecule has 7 heteroatoms. The lowest BCUT2D eigenvalue weighted by Crippen LogP contribution is -2.12. The fourth-order valence-electron chi connectivity index (χ4n) is 2.73. The number of thiazole rings is 1. The third-order valence-corrected chi connectivity index (χ3v) is 5.17. The smallest absolute Gasteiger partial charge is 0.255 e. The Morgan fingerprint density at radius 3 is 2.72 bits per heavy atom. The van der Waals surface area contributed by atoms with Crippen LogP contribution in [0.25, 0.3) is 10.2 Å². The van der Waals surface area contributed by atoms with E-state index in [-0.39, 0.29) is 11.8 Å². The number of carbonyl (C=O) groups excluding carboxylic acids is 2. The number of nitrogens with zero attached hydrogens (tertiary/aromatic N) is 1. The topological polar surface area (TPSA) is 80.3 Å². The maximum absolute atomic E-state index is 12.6. The molecule has 3 rings (SSSR count). The molecule has 0 saturated carbocycles. The summed E-state index contributed by atoms with van der Waals surface area (Å²) in [4.78, 5) is 28.8. The van der Waals surface area contributed by atoms with E-state index in [0.717, 1.165) is 29.5 Å². The number of benzene rings is 2. The van der Waals surface area contributed by atoms with Crippen LogP contribution in [-0.4, -0.2) is 23.4 Å². The lowest BCUT2D eigenvalue weighted by Gasteiger charge is -2.08. The Kier molecular flexibility index (Phi) is 7.19. The summed E-state index contributed by atoms with van der Waals surface area (Å²) in [5.41, 5.74) is 2.00. The van der Waals surface area contributed by atoms with Crippen LogP contribution in [0.2, 0.25) is 0 Å². The van der Waals surface area contributed by atoms with Gasteiger partial charge in [0.1, 0.15) is 5.75 Å². The van der Waals surface area contributed by atoms with Crippen LogP contribution >= 0.6 is 11.3 Å². The maximum atomic E-state index is 12.6. The van der Waals surface area contributed by atoms with Gasteiger partial charge in [0, 0.05) is 17.7 Å². The largest absolute Gasteiger partial charge is 0.494 e. The standard InChI is InChI=1S/C22H25N3O3S/c1-3-5-12-28-17-9-6-8-15(13-17)21(27)23-16-10-11-18-19(14-16)29-22(24-18)25-20(26)7-4-2/h6,8-11,13-14H,3-5,7,12H2,1-2H3,(H,23,27)(H,24,25,26). The minimum absolute atomic E-state index is 0.0406. The molecule has 0 fully saturated rings. The van der Waals surface area contributed by atoms with Crippen molar-refractivity contribution in [3.8, 4) is 5.75 Å². The molecule has 3 aromatic rings. The summed E-state index contributed by atoms with van der Waals surface area (Å²) in [5.74, 6) is 0.448. The molecule has 29 heavy (non-hydrogen) atoms. The van der Waals surface area contributed by atoms with Crippen molar-refractivity contribution >= 4 is 44.2 Å². The molecule has 0 unspecified atom stereocenters. The minimum atomic E-state index is -0.203. The van der Waals surface area contributed by atoms with E-state index in [0.29, 0.717) is 35.2 Å². The number of fused-ring (bicyclic) bond motifs is 1. The molecule has 2 amide bonds. The van der Waals surface area contributed by atoms with Crippen LogP contribution in [-0.2, 0) is 4.79 Å². The van der Waals surface area contributed by atoms with Crippen molar-refractivity contribution < 1.29 is 14.3 Å². The molecule has 0 atom stereocenters. The van der Waals surface area contributed by atoms with E-state index >= 15 is 0 Å². The molecule has 2 aromatic carbocycles. The molecule has 152 valence electrons. The number of amides is 2. The first-order valence-corrected chi connectivity index (χ1v) is 10.7. The van der Waals surface area contributed by atoms with Gasteiger partial charge in [-0.3, -0.25) is 9.59 Å². The number of rotatable bonds is 9. The number of ether oxygens (including phenoxy) is 1. The zero-order chi connectivity index (χ0) is 20.6. The molecule has 1 aromatic heterocycles. The van der Waals surface area contributed by atoms with Gasteiger partial charge in [0.05, 0.1) is 16.8 Å². The summed E-state index contributed by atoms with van der Waals surface area (Å²) in [6, 6.07) is 12.7. The van der Waals surface area contributed by atoms with Gasteiger partial charge >= 0.3 is 0 Å². The predicted octanol–water partition coefficient (Wildman–Crippen LogP) is 5.47. The second-order valence-electron chi connectivity index (χ2n) is 6.68. The SMILES string of the molecule is CCCCOc1cccc(C(=O)Nc2ccc3nc(NC(=O)CCC)sc3c2)c1. The van der Waals surface area contributed by atoms with E-state index < -0.39 is 0 Å². The first kappa shape index (κ1) is 20.8. The number of carbonyl (C=O) groups is 2. The monoisotopic (exact) mass is 411 g/mol. The van der Waals surface area contributed by atoms with Crippen molar-refractivity contribution in [2.75, 3.05) is 17.2 Å². The summed E-state index contributed by atoms with van der Waals surface area (Å²) in [5, 5.41) is 6.29. The summed E-state index contributed by atoms with van der Waals surface area (Å²) in [7, 11) is 0. The van der Waals surface area contributed by atoms with Gasteiger partial charge in [0.25, 0.3) is 5.91 Å². The van der Waals surface area contributed by atoms with Gasteiger partial charge in [0.15, 0.2) is 5.13 Å². The Morgan fingerprint density at radius 2 is 1.93 bits per heavy atom. The molecule has 0 saturated heterocycles. The highest BCUT2D eigenvalue weighted by Gasteiger charge is 2.11. The Labute approximate surface area is 174 Å². The molecule has 2 N–H and O–H groups in total. The zero-order valence-corrected chi connectivity index (χ0v) is 17.5. The van der Waals surface area contributed by atoms with E-state index in [4.69, 9.17) is 4.74 Å². The van der Waals surface area contributed by atoms with Gasteiger partial charge in [-0.1, -0.05) is 37.7 Å². The molecule has 0 bridgehead atoms. The Hall–Kier alpha value is -2.93. The summed E-state index contributed by atoms with van der Waals surface area (Å²) in [6.07, 6.45) is 3.30. The average Bonchev–Trinajstić information content (AvgIpc) is 3.10. The fourth-order valence-corrected chi connectivity index (χ4v) is 3.65. The van der Waals surface area contributed by atoms with Crippen molar-refractivity contribution in [2.24, 2.45) is 0 Å². The van der Waals surface area contributed by atoms with Crippen molar-refractivity contribution in [3.05, 3.63) is 48.0 Å². The Morgan fingerprint density at radius 1 is 1.07 bits per heavy atom. The van der Waals surface area contributed by atoms with E-state index in [1.807, 2.05) is 31.2 Å². The number of hydrogen-bond acceptors (Lipinski definition) is 5. The highest BCUT2D eigenvalue weighted by atomic mass is 32.1. The molecular formula is C22H25N3O3S. The number of hydrogen-bond donors (Lipinski definition) is 2. The van der Waals surface area contributed by atoms with Crippen molar-refractivity contribution in [3.63, 3.8) is 0 Å². The van der Waals surface area contributed by atoms with Crippen LogP contribution in [0.1, 0.15) is 49.9 Å². The van der Waals surface area contributed by atoms with Crippen LogP contribution in [0.4, 0.5) is 10.8 Å². The molecule has 6 nitrogen and oxygen atoms in total. The summed E-state index contributed by atoms with van der Waals surface area (Å²) in [6.45, 7) is 4.70. The Balaban J connectivity index is 1.68. The molecular weight excluding hydrogens is 386 g/mol. The number of aromatic nitrogens is 1. The lowest BCUT2D eigenvalue weighted by molar-refractivity contribution is -0.116. The van der Waals surface area contributed by atoms with Crippen LogP contribution in [0.3, 0.4) is 0 Å². The van der Waals surface area contributed by atoms with Crippen molar-refractivity contribution in [1.29, 1.82) is 0 Å². The van der Waals surface area contributed by atoms with Crippen LogP contribution < -0.4 is 15.4 Å². The fraction of sp³-hybridized carbons (Fsp3) is 0.318. The Bertz CT molecular complexity index is 1000. The normalized spacial score (nSPS) is 10.7. The average molecular weight is 412 g/mol. The van der Waals surface area contributed by atoms with Gasteiger partial charge < -0.3 is 15.4 Å². The van der Waals surface area contributed by atoms with E-state index in [2.05, 4.69) is 22.5 Å². The van der Waals surface area contributed by atoms with E-state index in [1.165, 1.54) is 11.3 Å². The zero-order valence-electron chi connectivity index (χ0n) is 16.7. The van der Waals surface area contributed by atoms with E-state index in [1.54, 1.807) is 18.2 Å². The first-order chi connectivity index (χ1) is 14.1. The van der Waals surface area contributed by atoms with Crippen molar-refractivity contribution in [1.82, 2.24) is 4.98 Å². The summed E-state index contributed by atoms with van der Waals surface area (Å²) >= 11 is 1.39. The maximum Gasteiger partial charge on any atom is 0.255 e. The predicted molar refractivity (Wildman–Crippen MR) is 118 cm³/mol. The lowest BCUT2D eigenvalue weighted by atomic mass is 10.2. The third kappa shape index (κ3) is 5.77. The van der Waals surface area contributed by atoms with E-state index in [9.17, 15) is 9.59 Å². The van der Waals surface area contributed by atoms with Gasteiger partial charge in [-0.15, -0.1) is 0 Å². The molecule has 0 spiro atoms. The molecule has 0 radical (unpaired) electrons. The molecule has 1 heterocycles. The van der Waals surface area contributed by atoms with Crippen LogP contribution in [0, 0.1) is 0 Å².